The highest BCUT2D eigenvalue weighted by atomic mass is 16.6. The third kappa shape index (κ3) is 2.26. The fraction of sp³-hybridized carbons (Fsp3) is 0.318. The number of hydrogen-bond acceptors (Lipinski definition) is 7. The zero-order valence-electron chi connectivity index (χ0n) is 16.5. The van der Waals surface area contributed by atoms with Crippen molar-refractivity contribution in [1.29, 1.82) is 0 Å². The Hall–Kier alpha value is -3.23. The van der Waals surface area contributed by atoms with Crippen molar-refractivity contribution in [2.24, 2.45) is 0 Å². The Labute approximate surface area is 171 Å². The highest BCUT2D eigenvalue weighted by molar-refractivity contribution is 5.90. The fourth-order valence-electron chi connectivity index (χ4n) is 4.60. The minimum atomic E-state index is -2.01. The largest absolute Gasteiger partial charge is 0.508 e. The van der Waals surface area contributed by atoms with E-state index in [0.29, 0.717) is 23.3 Å². The molecule has 2 atom stereocenters. The topological polar surface area (TPSA) is 122 Å². The molecular formula is C22H20N2O6. The molecule has 0 saturated carbocycles. The van der Waals surface area contributed by atoms with E-state index in [1.807, 2.05) is 6.92 Å². The Morgan fingerprint density at radius 3 is 2.73 bits per heavy atom. The summed E-state index contributed by atoms with van der Waals surface area (Å²) < 4.78 is 6.35. The molecule has 8 nitrogen and oxygen atoms in total. The number of aliphatic hydroxyl groups is 2. The van der Waals surface area contributed by atoms with Crippen LogP contribution in [0.25, 0.3) is 22.3 Å². The number of cyclic esters (lactones) is 1. The molecule has 0 radical (unpaired) electrons. The van der Waals surface area contributed by atoms with E-state index in [9.17, 15) is 24.9 Å². The molecule has 3 N–H and O–H groups in total. The van der Waals surface area contributed by atoms with Crippen molar-refractivity contribution < 1.29 is 24.9 Å². The molecule has 5 rings (SSSR count). The van der Waals surface area contributed by atoms with Crippen LogP contribution in [-0.2, 0) is 28.1 Å². The lowest BCUT2D eigenvalue weighted by atomic mass is 9.85. The number of carbonyl (C=O) groups is 1. The number of pyridine rings is 2. The van der Waals surface area contributed by atoms with E-state index in [-0.39, 0.29) is 29.8 Å². The molecule has 0 amide bonds. The van der Waals surface area contributed by atoms with Gasteiger partial charge in [0.2, 0.25) is 6.29 Å². The molecule has 154 valence electrons. The number of carbonyl (C=O) groups excluding carboxylic acids is 1. The summed E-state index contributed by atoms with van der Waals surface area (Å²) >= 11 is 0. The maximum Gasteiger partial charge on any atom is 0.345 e. The third-order valence-electron chi connectivity index (χ3n) is 6.20. The van der Waals surface area contributed by atoms with Crippen LogP contribution in [0.3, 0.4) is 0 Å². The van der Waals surface area contributed by atoms with Crippen LogP contribution in [0.15, 0.2) is 29.1 Å². The summed E-state index contributed by atoms with van der Waals surface area (Å²) in [7, 11) is 0. The second-order valence-electron chi connectivity index (χ2n) is 7.69. The van der Waals surface area contributed by atoms with Crippen molar-refractivity contribution in [3.63, 3.8) is 0 Å². The van der Waals surface area contributed by atoms with E-state index < -0.39 is 23.4 Å². The number of ether oxygens (including phenoxy) is 1. The van der Waals surface area contributed by atoms with Gasteiger partial charge in [-0.3, -0.25) is 4.79 Å². The first kappa shape index (κ1) is 18.8. The Kier molecular flexibility index (Phi) is 3.84. The lowest BCUT2D eigenvalue weighted by Crippen LogP contribution is -2.46. The summed E-state index contributed by atoms with van der Waals surface area (Å²) in [5.41, 5.74) is 0.946. The van der Waals surface area contributed by atoms with Gasteiger partial charge in [0.25, 0.3) is 5.56 Å². The lowest BCUT2D eigenvalue weighted by Gasteiger charge is -2.34. The summed E-state index contributed by atoms with van der Waals surface area (Å²) in [6.45, 7) is 3.83. The molecule has 0 spiro atoms. The third-order valence-corrected chi connectivity index (χ3v) is 6.20. The van der Waals surface area contributed by atoms with E-state index in [2.05, 4.69) is 0 Å². The van der Waals surface area contributed by atoms with Crippen molar-refractivity contribution in [2.75, 3.05) is 0 Å². The molecule has 8 heteroatoms. The van der Waals surface area contributed by atoms with Crippen LogP contribution in [0.5, 0.6) is 5.75 Å². The molecule has 0 fully saturated rings. The van der Waals surface area contributed by atoms with Crippen LogP contribution in [0.4, 0.5) is 0 Å². The van der Waals surface area contributed by atoms with E-state index in [1.54, 1.807) is 31.2 Å². The Morgan fingerprint density at radius 2 is 2.03 bits per heavy atom. The van der Waals surface area contributed by atoms with Gasteiger partial charge in [0, 0.05) is 16.5 Å². The van der Waals surface area contributed by atoms with Crippen molar-refractivity contribution in [2.45, 2.75) is 45.1 Å². The van der Waals surface area contributed by atoms with Gasteiger partial charge in [-0.15, -0.1) is 0 Å². The van der Waals surface area contributed by atoms with Gasteiger partial charge in [-0.25, -0.2) is 9.78 Å². The van der Waals surface area contributed by atoms with Gasteiger partial charge in [-0.05, 0) is 42.7 Å². The zero-order valence-corrected chi connectivity index (χ0v) is 16.5. The van der Waals surface area contributed by atoms with Crippen molar-refractivity contribution in [1.82, 2.24) is 9.55 Å². The van der Waals surface area contributed by atoms with E-state index >= 15 is 0 Å². The fourth-order valence-corrected chi connectivity index (χ4v) is 4.60. The van der Waals surface area contributed by atoms with E-state index in [0.717, 1.165) is 16.5 Å². The molecule has 0 saturated heterocycles. The smallest absolute Gasteiger partial charge is 0.345 e. The predicted molar refractivity (Wildman–Crippen MR) is 107 cm³/mol. The van der Waals surface area contributed by atoms with Gasteiger partial charge in [0.1, 0.15) is 5.75 Å². The number of aromatic nitrogens is 2. The average molecular weight is 409 g/mol. The van der Waals surface area contributed by atoms with Crippen LogP contribution >= 0.6 is 0 Å². The van der Waals surface area contributed by atoms with Crippen LogP contribution in [-0.4, -0.2) is 30.8 Å². The van der Waals surface area contributed by atoms with Gasteiger partial charge in [-0.2, -0.15) is 0 Å². The number of aromatic hydroxyl groups is 1. The molecule has 0 bridgehead atoms. The first-order valence-corrected chi connectivity index (χ1v) is 9.84. The number of nitrogens with zero attached hydrogens (tertiary/aromatic N) is 2. The molecule has 2 aromatic heterocycles. The molecule has 1 unspecified atom stereocenters. The molecule has 30 heavy (non-hydrogen) atoms. The summed E-state index contributed by atoms with van der Waals surface area (Å²) in [5.74, 6) is -0.849. The highest BCUT2D eigenvalue weighted by Crippen LogP contribution is 2.42. The minimum absolute atomic E-state index is 0.00800. The van der Waals surface area contributed by atoms with E-state index in [4.69, 9.17) is 9.72 Å². The molecule has 3 aromatic rings. The van der Waals surface area contributed by atoms with Crippen LogP contribution in [0, 0.1) is 0 Å². The monoisotopic (exact) mass is 409 g/mol. The number of benzene rings is 1. The number of rotatable bonds is 2. The average Bonchev–Trinajstić information content (AvgIpc) is 3.09. The maximum absolute atomic E-state index is 13.3. The second-order valence-corrected chi connectivity index (χ2v) is 7.69. The Bertz CT molecular complexity index is 1310. The van der Waals surface area contributed by atoms with E-state index in [1.165, 1.54) is 4.57 Å². The SMILES string of the molecule is CC[C@@]1(O)C(=O)OC(O)c2c1cc1n(c2=O)Cc2c-1nc1ccc(O)cc1c2[13CH2]C. The number of aryl methyl sites for hydroxylation is 1. The standard InChI is InChI=1S/C22H20N2O6/c1-3-11-12-7-10(25)5-6-15(12)23-18-13(11)9-24-16(18)8-14-17(19(24)26)20(27)30-21(28)22(14,29)4-2/h5-8,20,25,27,29H,3-4,9H2,1-2H3/t20?,22-/m0/s1/i3+1. The molecule has 2 aliphatic rings. The number of hydrogen-bond donors (Lipinski definition) is 3. The van der Waals surface area contributed by atoms with Crippen LogP contribution in [0.1, 0.15) is 48.8 Å². The number of esters is 1. The predicted octanol–water partition coefficient (Wildman–Crippen LogP) is 1.84. The zero-order chi connectivity index (χ0) is 21.4. The Balaban J connectivity index is 1.85. The summed E-state index contributed by atoms with van der Waals surface area (Å²) in [6.07, 6.45) is -1.08. The first-order chi connectivity index (χ1) is 14.3. The normalized spacial score (nSPS) is 21.9. The molecule has 4 heterocycles. The molecule has 1 aromatic carbocycles. The summed E-state index contributed by atoms with van der Waals surface area (Å²) in [5, 5.41) is 31.9. The maximum atomic E-state index is 13.3. The molecule has 2 aliphatic heterocycles. The van der Waals surface area contributed by atoms with Gasteiger partial charge in [0.15, 0.2) is 5.60 Å². The van der Waals surface area contributed by atoms with Crippen LogP contribution in [0.2, 0.25) is 0 Å². The lowest BCUT2D eigenvalue weighted by molar-refractivity contribution is -0.199. The number of phenols is 1. The van der Waals surface area contributed by atoms with Gasteiger partial charge < -0.3 is 24.6 Å². The van der Waals surface area contributed by atoms with Gasteiger partial charge in [0.05, 0.1) is 29.0 Å². The quantitative estimate of drug-likeness (QED) is 0.341. The number of aliphatic hydroxyl groups excluding tert-OH is 1. The Morgan fingerprint density at radius 1 is 1.27 bits per heavy atom. The van der Waals surface area contributed by atoms with Gasteiger partial charge in [-0.1, -0.05) is 13.8 Å². The number of phenolic OH excluding ortho intramolecular Hbond substituents is 1. The first-order valence-electron chi connectivity index (χ1n) is 9.84. The van der Waals surface area contributed by atoms with Crippen molar-refractivity contribution in [3.8, 4) is 17.1 Å². The molecular weight excluding hydrogens is 389 g/mol. The highest BCUT2D eigenvalue weighted by Gasteiger charge is 2.48. The minimum Gasteiger partial charge on any atom is -0.508 e. The summed E-state index contributed by atoms with van der Waals surface area (Å²) in [6, 6.07) is 6.49. The second kappa shape index (κ2) is 6.13. The summed E-state index contributed by atoms with van der Waals surface area (Å²) in [4.78, 5) is 30.3. The van der Waals surface area contributed by atoms with Crippen LogP contribution < -0.4 is 5.56 Å². The number of fused-ring (bicyclic) bond motifs is 5. The van der Waals surface area contributed by atoms with Crippen molar-refractivity contribution >= 4 is 16.9 Å². The molecule has 0 aliphatic carbocycles. The van der Waals surface area contributed by atoms with Gasteiger partial charge >= 0.3 is 5.97 Å². The van der Waals surface area contributed by atoms with Crippen molar-refractivity contribution in [3.05, 3.63) is 56.9 Å².